The van der Waals surface area contributed by atoms with Crippen LogP contribution in [0.15, 0.2) is 24.3 Å². The molecule has 3 nitrogen and oxygen atoms in total. The maximum Gasteiger partial charge on any atom is 0.119 e. The zero-order valence-electron chi connectivity index (χ0n) is 13.1. The second kappa shape index (κ2) is 7.65. The minimum absolute atomic E-state index is 0.619. The number of benzene rings is 1. The number of hydrogen-bond donors (Lipinski definition) is 1. The third kappa shape index (κ3) is 4.22. The van der Waals surface area contributed by atoms with Crippen LogP contribution in [0.3, 0.4) is 0 Å². The van der Waals surface area contributed by atoms with E-state index in [1.807, 2.05) is 6.07 Å². The average molecular weight is 276 g/mol. The van der Waals surface area contributed by atoms with E-state index in [0.29, 0.717) is 6.04 Å². The van der Waals surface area contributed by atoms with Crippen molar-refractivity contribution in [2.75, 3.05) is 26.7 Å². The Morgan fingerprint density at radius 3 is 3.05 bits per heavy atom. The lowest BCUT2D eigenvalue weighted by atomic mass is 9.99. The first kappa shape index (κ1) is 15.3. The van der Waals surface area contributed by atoms with Gasteiger partial charge in [-0.25, -0.2) is 0 Å². The Hall–Kier alpha value is -1.06. The Morgan fingerprint density at radius 2 is 2.30 bits per heavy atom. The zero-order chi connectivity index (χ0) is 14.4. The normalized spacial score (nSPS) is 22.2. The SMILES string of the molecule is CCC(C)C1CN(Cc2cccc(OC)c2)CCCN1. The lowest BCUT2D eigenvalue weighted by molar-refractivity contribution is 0.231. The van der Waals surface area contributed by atoms with Crippen LogP contribution in [0.25, 0.3) is 0 Å². The van der Waals surface area contributed by atoms with E-state index in [9.17, 15) is 0 Å². The van der Waals surface area contributed by atoms with Gasteiger partial charge in [0.2, 0.25) is 0 Å². The highest BCUT2D eigenvalue weighted by Crippen LogP contribution is 2.17. The Morgan fingerprint density at radius 1 is 1.45 bits per heavy atom. The number of ether oxygens (including phenoxy) is 1. The lowest BCUT2D eigenvalue weighted by Gasteiger charge is -2.28. The van der Waals surface area contributed by atoms with Gasteiger partial charge in [0.15, 0.2) is 0 Å². The van der Waals surface area contributed by atoms with Crippen LogP contribution in [0.5, 0.6) is 5.75 Å². The predicted molar refractivity (Wildman–Crippen MR) is 84.1 cm³/mol. The second-order valence-corrected chi connectivity index (χ2v) is 5.89. The van der Waals surface area contributed by atoms with Gasteiger partial charge in [0.1, 0.15) is 5.75 Å². The van der Waals surface area contributed by atoms with Crippen LogP contribution in [0, 0.1) is 5.92 Å². The summed E-state index contributed by atoms with van der Waals surface area (Å²) >= 11 is 0. The van der Waals surface area contributed by atoms with Crippen molar-refractivity contribution in [3.63, 3.8) is 0 Å². The maximum absolute atomic E-state index is 5.31. The minimum atomic E-state index is 0.619. The van der Waals surface area contributed by atoms with Gasteiger partial charge >= 0.3 is 0 Å². The van der Waals surface area contributed by atoms with E-state index in [1.165, 1.54) is 24.9 Å². The Kier molecular flexibility index (Phi) is 5.86. The molecule has 1 N–H and O–H groups in total. The summed E-state index contributed by atoms with van der Waals surface area (Å²) < 4.78 is 5.31. The lowest BCUT2D eigenvalue weighted by Crippen LogP contribution is -2.41. The van der Waals surface area contributed by atoms with E-state index in [4.69, 9.17) is 4.74 Å². The monoisotopic (exact) mass is 276 g/mol. The molecule has 1 saturated heterocycles. The molecule has 0 aliphatic carbocycles. The molecule has 0 saturated carbocycles. The Bertz CT molecular complexity index is 408. The molecule has 2 atom stereocenters. The van der Waals surface area contributed by atoms with Gasteiger partial charge in [-0.05, 0) is 43.1 Å². The van der Waals surface area contributed by atoms with Crippen molar-refractivity contribution < 1.29 is 4.74 Å². The molecule has 0 spiro atoms. The molecule has 112 valence electrons. The maximum atomic E-state index is 5.31. The van der Waals surface area contributed by atoms with Gasteiger partial charge in [-0.3, -0.25) is 4.90 Å². The van der Waals surface area contributed by atoms with Crippen LogP contribution >= 0.6 is 0 Å². The fourth-order valence-corrected chi connectivity index (χ4v) is 2.86. The van der Waals surface area contributed by atoms with Gasteiger partial charge in [0.05, 0.1) is 7.11 Å². The minimum Gasteiger partial charge on any atom is -0.497 e. The van der Waals surface area contributed by atoms with Crippen LogP contribution in [-0.2, 0) is 6.54 Å². The molecule has 0 aromatic heterocycles. The molecule has 0 bridgehead atoms. The van der Waals surface area contributed by atoms with E-state index < -0.39 is 0 Å². The van der Waals surface area contributed by atoms with Gasteiger partial charge < -0.3 is 10.1 Å². The van der Waals surface area contributed by atoms with E-state index in [0.717, 1.165) is 31.3 Å². The quantitative estimate of drug-likeness (QED) is 0.895. The molecule has 2 rings (SSSR count). The standard InChI is InChI=1S/C17H28N2O/c1-4-14(2)17-13-19(10-6-9-18-17)12-15-7-5-8-16(11-15)20-3/h5,7-8,11,14,17-18H,4,6,9-10,12-13H2,1-3H3. The summed E-state index contributed by atoms with van der Waals surface area (Å²) in [6, 6.07) is 9.05. The first-order valence-corrected chi connectivity index (χ1v) is 7.81. The molecule has 20 heavy (non-hydrogen) atoms. The second-order valence-electron chi connectivity index (χ2n) is 5.89. The van der Waals surface area contributed by atoms with E-state index in [1.54, 1.807) is 7.11 Å². The third-order valence-corrected chi connectivity index (χ3v) is 4.38. The van der Waals surface area contributed by atoms with E-state index in [2.05, 4.69) is 42.3 Å². The van der Waals surface area contributed by atoms with Crippen molar-refractivity contribution in [2.24, 2.45) is 5.92 Å². The number of nitrogens with zero attached hydrogens (tertiary/aromatic N) is 1. The highest BCUT2D eigenvalue weighted by atomic mass is 16.5. The molecule has 1 aliphatic heterocycles. The number of nitrogens with one attached hydrogen (secondary N) is 1. The molecule has 0 radical (unpaired) electrons. The van der Waals surface area contributed by atoms with Crippen LogP contribution in [0.4, 0.5) is 0 Å². The van der Waals surface area contributed by atoms with Crippen molar-refractivity contribution in [1.29, 1.82) is 0 Å². The first-order valence-electron chi connectivity index (χ1n) is 7.81. The highest BCUT2D eigenvalue weighted by Gasteiger charge is 2.21. The van der Waals surface area contributed by atoms with Crippen molar-refractivity contribution in [3.8, 4) is 5.75 Å². The number of rotatable bonds is 5. The largest absolute Gasteiger partial charge is 0.497 e. The average Bonchev–Trinajstić information content (AvgIpc) is 2.72. The summed E-state index contributed by atoms with van der Waals surface area (Å²) in [4.78, 5) is 2.58. The fourth-order valence-electron chi connectivity index (χ4n) is 2.86. The van der Waals surface area contributed by atoms with Crippen molar-refractivity contribution >= 4 is 0 Å². The zero-order valence-corrected chi connectivity index (χ0v) is 13.1. The molecule has 1 heterocycles. The van der Waals surface area contributed by atoms with Crippen LogP contribution in [0.1, 0.15) is 32.3 Å². The van der Waals surface area contributed by atoms with Crippen LogP contribution in [0.2, 0.25) is 0 Å². The number of hydrogen-bond acceptors (Lipinski definition) is 3. The molecular weight excluding hydrogens is 248 g/mol. The molecular formula is C17H28N2O. The van der Waals surface area contributed by atoms with Gasteiger partial charge in [-0.15, -0.1) is 0 Å². The van der Waals surface area contributed by atoms with Gasteiger partial charge in [-0.2, -0.15) is 0 Å². The molecule has 1 aromatic rings. The Balaban J connectivity index is 1.99. The summed E-state index contributed by atoms with van der Waals surface area (Å²) in [6.45, 7) is 9.12. The summed E-state index contributed by atoms with van der Waals surface area (Å²) in [6.07, 6.45) is 2.47. The predicted octanol–water partition coefficient (Wildman–Crippen LogP) is 2.91. The summed E-state index contributed by atoms with van der Waals surface area (Å²) in [7, 11) is 1.73. The Labute approximate surface area is 123 Å². The topological polar surface area (TPSA) is 24.5 Å². The fraction of sp³-hybridized carbons (Fsp3) is 0.647. The molecule has 1 aliphatic rings. The van der Waals surface area contributed by atoms with E-state index >= 15 is 0 Å². The van der Waals surface area contributed by atoms with Crippen LogP contribution in [-0.4, -0.2) is 37.7 Å². The first-order chi connectivity index (χ1) is 9.72. The van der Waals surface area contributed by atoms with Crippen molar-refractivity contribution in [3.05, 3.63) is 29.8 Å². The van der Waals surface area contributed by atoms with E-state index in [-0.39, 0.29) is 0 Å². The van der Waals surface area contributed by atoms with Crippen molar-refractivity contribution in [1.82, 2.24) is 10.2 Å². The van der Waals surface area contributed by atoms with Crippen molar-refractivity contribution in [2.45, 2.75) is 39.3 Å². The molecule has 2 unspecified atom stereocenters. The van der Waals surface area contributed by atoms with Gasteiger partial charge in [0.25, 0.3) is 0 Å². The van der Waals surface area contributed by atoms with Gasteiger partial charge in [-0.1, -0.05) is 32.4 Å². The summed E-state index contributed by atoms with van der Waals surface area (Å²) in [5.74, 6) is 1.69. The summed E-state index contributed by atoms with van der Waals surface area (Å²) in [5.41, 5.74) is 1.34. The molecule has 1 fully saturated rings. The third-order valence-electron chi connectivity index (χ3n) is 4.38. The van der Waals surface area contributed by atoms with Gasteiger partial charge in [0, 0.05) is 19.1 Å². The summed E-state index contributed by atoms with van der Waals surface area (Å²) in [5, 5.41) is 3.70. The molecule has 1 aromatic carbocycles. The molecule has 3 heteroatoms. The smallest absolute Gasteiger partial charge is 0.119 e. The number of methoxy groups -OCH3 is 1. The van der Waals surface area contributed by atoms with Crippen LogP contribution < -0.4 is 10.1 Å². The highest BCUT2D eigenvalue weighted by molar-refractivity contribution is 5.28. The molecule has 0 amide bonds.